The Hall–Kier alpha value is -2.02. The van der Waals surface area contributed by atoms with E-state index < -0.39 is 16.6 Å². The summed E-state index contributed by atoms with van der Waals surface area (Å²) in [7, 11) is 0. The zero-order valence-electron chi connectivity index (χ0n) is 11.8. The molecular weight excluding hydrogens is 277 g/mol. The van der Waals surface area contributed by atoms with Crippen LogP contribution >= 0.6 is 0 Å². The van der Waals surface area contributed by atoms with Crippen molar-refractivity contribution >= 4 is 11.6 Å². The van der Waals surface area contributed by atoms with Crippen LogP contribution in [0.3, 0.4) is 0 Å². The Morgan fingerprint density at radius 3 is 2.95 bits per heavy atom. The van der Waals surface area contributed by atoms with Crippen LogP contribution in [0.4, 0.5) is 10.1 Å². The molecule has 1 fully saturated rings. The number of nitrogens with one attached hydrogen (secondary N) is 2. The van der Waals surface area contributed by atoms with Crippen LogP contribution in [0.15, 0.2) is 12.1 Å². The molecule has 1 aliphatic rings. The van der Waals surface area contributed by atoms with E-state index in [2.05, 4.69) is 10.6 Å². The molecule has 1 saturated heterocycles. The molecule has 0 aliphatic carbocycles. The van der Waals surface area contributed by atoms with Gasteiger partial charge in [-0.05, 0) is 44.3 Å². The number of hydrogen-bond acceptors (Lipinski definition) is 4. The van der Waals surface area contributed by atoms with Crippen molar-refractivity contribution in [3.63, 3.8) is 0 Å². The summed E-state index contributed by atoms with van der Waals surface area (Å²) in [6.45, 7) is 3.76. The predicted molar refractivity (Wildman–Crippen MR) is 75.7 cm³/mol. The second-order valence-electron chi connectivity index (χ2n) is 5.28. The van der Waals surface area contributed by atoms with Crippen molar-refractivity contribution in [3.8, 4) is 0 Å². The van der Waals surface area contributed by atoms with Crippen LogP contribution < -0.4 is 10.6 Å². The third-order valence-corrected chi connectivity index (χ3v) is 3.70. The zero-order chi connectivity index (χ0) is 15.4. The van der Waals surface area contributed by atoms with Gasteiger partial charge in [0.15, 0.2) is 0 Å². The first kappa shape index (κ1) is 15.4. The van der Waals surface area contributed by atoms with Gasteiger partial charge in [-0.2, -0.15) is 0 Å². The predicted octanol–water partition coefficient (Wildman–Crippen LogP) is 1.77. The zero-order valence-corrected chi connectivity index (χ0v) is 11.8. The lowest BCUT2D eigenvalue weighted by atomic mass is 10.0. The van der Waals surface area contributed by atoms with Crippen LogP contribution in [0.5, 0.6) is 0 Å². The first-order valence-corrected chi connectivity index (χ1v) is 6.92. The number of nitro groups is 1. The molecule has 0 radical (unpaired) electrons. The van der Waals surface area contributed by atoms with E-state index in [1.54, 1.807) is 0 Å². The van der Waals surface area contributed by atoms with Crippen LogP contribution in [0, 0.1) is 28.8 Å². The van der Waals surface area contributed by atoms with E-state index >= 15 is 0 Å². The standard InChI is InChI=1S/C14H18FN3O3/c1-9-6-11(18(20)21)7-12(13(9)15)14(19)17-5-3-10-2-4-16-8-10/h6-7,10,16H,2-5,8H2,1H3,(H,17,19). The van der Waals surface area contributed by atoms with Crippen molar-refractivity contribution in [2.24, 2.45) is 5.92 Å². The Labute approximate surface area is 121 Å². The Kier molecular flexibility index (Phi) is 4.85. The summed E-state index contributed by atoms with van der Waals surface area (Å²) in [4.78, 5) is 22.1. The van der Waals surface area contributed by atoms with Crippen molar-refractivity contribution in [2.75, 3.05) is 19.6 Å². The highest BCUT2D eigenvalue weighted by atomic mass is 19.1. The van der Waals surface area contributed by atoms with Gasteiger partial charge >= 0.3 is 0 Å². The van der Waals surface area contributed by atoms with Crippen LogP contribution in [-0.4, -0.2) is 30.5 Å². The smallest absolute Gasteiger partial charge is 0.270 e. The maximum Gasteiger partial charge on any atom is 0.270 e. The van der Waals surface area contributed by atoms with E-state index in [0.717, 1.165) is 38.1 Å². The summed E-state index contributed by atoms with van der Waals surface area (Å²) in [5.74, 6) is -0.798. The topological polar surface area (TPSA) is 84.3 Å². The Bertz CT molecular complexity index is 557. The van der Waals surface area contributed by atoms with Crippen molar-refractivity contribution in [3.05, 3.63) is 39.2 Å². The molecule has 7 heteroatoms. The van der Waals surface area contributed by atoms with Crippen molar-refractivity contribution in [1.29, 1.82) is 0 Å². The number of carbonyl (C=O) groups is 1. The number of carbonyl (C=O) groups excluding carboxylic acids is 1. The summed E-state index contributed by atoms with van der Waals surface area (Å²) in [5.41, 5.74) is -0.459. The van der Waals surface area contributed by atoms with Crippen molar-refractivity contribution < 1.29 is 14.1 Å². The highest BCUT2D eigenvalue weighted by Crippen LogP contribution is 2.21. The number of nitrogens with zero attached hydrogens (tertiary/aromatic N) is 1. The Morgan fingerprint density at radius 2 is 2.33 bits per heavy atom. The maximum atomic E-state index is 13.9. The fourth-order valence-corrected chi connectivity index (χ4v) is 2.47. The highest BCUT2D eigenvalue weighted by Gasteiger charge is 2.20. The average molecular weight is 295 g/mol. The average Bonchev–Trinajstić information content (AvgIpc) is 2.94. The van der Waals surface area contributed by atoms with Gasteiger partial charge in [0.1, 0.15) is 5.82 Å². The van der Waals surface area contributed by atoms with Gasteiger partial charge in [0.25, 0.3) is 11.6 Å². The summed E-state index contributed by atoms with van der Waals surface area (Å²) in [6.07, 6.45) is 1.88. The van der Waals surface area contributed by atoms with Crippen LogP contribution in [0.2, 0.25) is 0 Å². The van der Waals surface area contributed by atoms with E-state index in [9.17, 15) is 19.3 Å². The summed E-state index contributed by atoms with van der Waals surface area (Å²) >= 11 is 0. The minimum atomic E-state index is -0.708. The van der Waals surface area contributed by atoms with Gasteiger partial charge in [0, 0.05) is 18.7 Å². The molecule has 2 N–H and O–H groups in total. The van der Waals surface area contributed by atoms with Gasteiger partial charge in [0.2, 0.25) is 0 Å². The molecule has 0 spiro atoms. The second kappa shape index (κ2) is 6.62. The number of halogens is 1. The maximum absolute atomic E-state index is 13.9. The van der Waals surface area contributed by atoms with Gasteiger partial charge in [-0.1, -0.05) is 0 Å². The lowest BCUT2D eigenvalue weighted by Crippen LogP contribution is -2.27. The number of rotatable bonds is 5. The molecule has 0 saturated carbocycles. The number of non-ortho nitro benzene ring substituents is 1. The van der Waals surface area contributed by atoms with E-state index in [4.69, 9.17) is 0 Å². The molecule has 1 aliphatic heterocycles. The lowest BCUT2D eigenvalue weighted by Gasteiger charge is -2.10. The van der Waals surface area contributed by atoms with Crippen molar-refractivity contribution in [1.82, 2.24) is 10.6 Å². The number of amides is 1. The van der Waals surface area contributed by atoms with Crippen molar-refractivity contribution in [2.45, 2.75) is 19.8 Å². The molecule has 1 unspecified atom stereocenters. The number of hydrogen-bond donors (Lipinski definition) is 2. The molecule has 0 aromatic heterocycles. The molecule has 114 valence electrons. The third kappa shape index (κ3) is 3.75. The fraction of sp³-hybridized carbons (Fsp3) is 0.500. The summed E-state index contributed by atoms with van der Waals surface area (Å²) in [5, 5.41) is 16.6. The van der Waals surface area contributed by atoms with Crippen LogP contribution in [0.1, 0.15) is 28.8 Å². The first-order chi connectivity index (χ1) is 9.99. The summed E-state index contributed by atoms with van der Waals surface area (Å²) in [6, 6.07) is 2.10. The van der Waals surface area contributed by atoms with E-state index in [0.29, 0.717) is 12.5 Å². The summed E-state index contributed by atoms with van der Waals surface area (Å²) < 4.78 is 13.9. The van der Waals surface area contributed by atoms with Crippen LogP contribution in [-0.2, 0) is 0 Å². The first-order valence-electron chi connectivity index (χ1n) is 6.92. The third-order valence-electron chi connectivity index (χ3n) is 3.70. The molecule has 1 heterocycles. The SMILES string of the molecule is Cc1cc([N+](=O)[O-])cc(C(=O)NCCC2CCNC2)c1F. The quantitative estimate of drug-likeness (QED) is 0.640. The Morgan fingerprint density at radius 1 is 1.57 bits per heavy atom. The molecule has 1 amide bonds. The number of benzene rings is 1. The minimum Gasteiger partial charge on any atom is -0.352 e. The molecule has 1 aromatic rings. The number of nitro benzene ring substituents is 1. The normalized spacial score (nSPS) is 17.7. The van der Waals surface area contributed by atoms with Crippen LogP contribution in [0.25, 0.3) is 0 Å². The highest BCUT2D eigenvalue weighted by molar-refractivity contribution is 5.95. The van der Waals surface area contributed by atoms with E-state index in [1.165, 1.54) is 6.92 Å². The lowest BCUT2D eigenvalue weighted by molar-refractivity contribution is -0.385. The Balaban J connectivity index is 2.02. The molecule has 1 atom stereocenters. The molecule has 1 aromatic carbocycles. The largest absolute Gasteiger partial charge is 0.352 e. The van der Waals surface area contributed by atoms with E-state index in [-0.39, 0.29) is 16.8 Å². The number of aryl methyl sites for hydroxylation is 1. The fourth-order valence-electron chi connectivity index (χ4n) is 2.47. The van der Waals surface area contributed by atoms with Gasteiger partial charge in [-0.25, -0.2) is 4.39 Å². The molecule has 6 nitrogen and oxygen atoms in total. The van der Waals surface area contributed by atoms with Gasteiger partial charge in [-0.15, -0.1) is 0 Å². The van der Waals surface area contributed by atoms with E-state index in [1.807, 2.05) is 0 Å². The molecule has 21 heavy (non-hydrogen) atoms. The molecular formula is C14H18FN3O3. The molecule has 2 rings (SSSR count). The second-order valence-corrected chi connectivity index (χ2v) is 5.28. The monoisotopic (exact) mass is 295 g/mol. The van der Waals surface area contributed by atoms with Gasteiger partial charge in [-0.3, -0.25) is 14.9 Å². The van der Waals surface area contributed by atoms with Gasteiger partial charge < -0.3 is 10.6 Å². The minimum absolute atomic E-state index is 0.0920. The van der Waals surface area contributed by atoms with Gasteiger partial charge in [0.05, 0.1) is 10.5 Å². The molecule has 0 bridgehead atoms.